The van der Waals surface area contributed by atoms with Crippen molar-refractivity contribution in [3.8, 4) is 0 Å². The standard InChI is InChI=1S/C10H14F2O/c1-8(2)5-9(7-13)3-4-10(11,12)6-9/h7H,1,3-6H2,2H3. The topological polar surface area (TPSA) is 17.1 Å². The molecule has 74 valence electrons. The van der Waals surface area contributed by atoms with Gasteiger partial charge in [-0.05, 0) is 19.8 Å². The Balaban J connectivity index is 2.74. The van der Waals surface area contributed by atoms with E-state index in [1.54, 1.807) is 6.92 Å². The first kappa shape index (κ1) is 10.4. The average Bonchev–Trinajstić information content (AvgIpc) is 2.26. The van der Waals surface area contributed by atoms with Crippen molar-refractivity contribution in [3.05, 3.63) is 12.2 Å². The van der Waals surface area contributed by atoms with Gasteiger partial charge in [0.25, 0.3) is 0 Å². The number of carbonyl (C=O) groups is 1. The number of aldehydes is 1. The first-order valence-corrected chi connectivity index (χ1v) is 4.38. The predicted molar refractivity (Wildman–Crippen MR) is 46.7 cm³/mol. The van der Waals surface area contributed by atoms with Crippen molar-refractivity contribution < 1.29 is 13.6 Å². The Morgan fingerprint density at radius 1 is 1.54 bits per heavy atom. The lowest BCUT2D eigenvalue weighted by Crippen LogP contribution is -2.22. The first-order valence-electron chi connectivity index (χ1n) is 4.38. The fourth-order valence-electron chi connectivity index (χ4n) is 2.02. The Kier molecular flexibility index (Phi) is 2.55. The van der Waals surface area contributed by atoms with Crippen molar-refractivity contribution in [3.63, 3.8) is 0 Å². The molecular weight excluding hydrogens is 174 g/mol. The van der Waals surface area contributed by atoms with E-state index in [9.17, 15) is 13.6 Å². The second-order valence-corrected chi connectivity index (χ2v) is 4.15. The van der Waals surface area contributed by atoms with Gasteiger partial charge in [0, 0.05) is 18.3 Å². The molecule has 0 heterocycles. The molecule has 1 saturated carbocycles. The van der Waals surface area contributed by atoms with Gasteiger partial charge in [-0.1, -0.05) is 5.57 Å². The van der Waals surface area contributed by atoms with E-state index in [1.807, 2.05) is 0 Å². The molecule has 1 nitrogen and oxygen atoms in total. The molecule has 1 aliphatic carbocycles. The monoisotopic (exact) mass is 188 g/mol. The van der Waals surface area contributed by atoms with Gasteiger partial charge in [0.15, 0.2) is 0 Å². The SMILES string of the molecule is C=C(C)CC1(C=O)CCC(F)(F)C1. The predicted octanol–water partition coefficient (Wildman–Crippen LogP) is 2.96. The zero-order valence-corrected chi connectivity index (χ0v) is 7.78. The maximum atomic E-state index is 12.9. The molecule has 0 N–H and O–H groups in total. The van der Waals surface area contributed by atoms with Gasteiger partial charge in [-0.15, -0.1) is 6.58 Å². The summed E-state index contributed by atoms with van der Waals surface area (Å²) in [4.78, 5) is 10.8. The van der Waals surface area contributed by atoms with E-state index in [2.05, 4.69) is 6.58 Å². The maximum Gasteiger partial charge on any atom is 0.249 e. The van der Waals surface area contributed by atoms with Crippen molar-refractivity contribution in [1.82, 2.24) is 0 Å². The fraction of sp³-hybridized carbons (Fsp3) is 0.700. The molecule has 0 bridgehead atoms. The normalized spacial score (nSPS) is 31.6. The van der Waals surface area contributed by atoms with Gasteiger partial charge in [0.05, 0.1) is 0 Å². The highest BCUT2D eigenvalue weighted by Crippen LogP contribution is 2.49. The maximum absolute atomic E-state index is 12.9. The van der Waals surface area contributed by atoms with Crippen LogP contribution < -0.4 is 0 Å². The summed E-state index contributed by atoms with van der Waals surface area (Å²) in [5, 5.41) is 0. The number of allylic oxidation sites excluding steroid dienone is 1. The summed E-state index contributed by atoms with van der Waals surface area (Å²) in [7, 11) is 0. The summed E-state index contributed by atoms with van der Waals surface area (Å²) in [5.41, 5.74) is -0.0419. The van der Waals surface area contributed by atoms with Gasteiger partial charge in [0.2, 0.25) is 5.92 Å². The molecule has 0 aliphatic heterocycles. The van der Waals surface area contributed by atoms with Crippen LogP contribution in [0.4, 0.5) is 8.78 Å². The van der Waals surface area contributed by atoms with Crippen LogP contribution in [0.3, 0.4) is 0 Å². The van der Waals surface area contributed by atoms with E-state index in [4.69, 9.17) is 0 Å². The van der Waals surface area contributed by atoms with Crippen molar-refractivity contribution >= 4 is 6.29 Å². The fourth-order valence-corrected chi connectivity index (χ4v) is 2.02. The third-order valence-corrected chi connectivity index (χ3v) is 2.50. The summed E-state index contributed by atoms with van der Waals surface area (Å²) < 4.78 is 25.8. The lowest BCUT2D eigenvalue weighted by atomic mass is 9.82. The summed E-state index contributed by atoms with van der Waals surface area (Å²) >= 11 is 0. The van der Waals surface area contributed by atoms with Crippen LogP contribution in [-0.4, -0.2) is 12.2 Å². The van der Waals surface area contributed by atoms with Crippen LogP contribution in [0.5, 0.6) is 0 Å². The van der Waals surface area contributed by atoms with Crippen molar-refractivity contribution in [2.75, 3.05) is 0 Å². The number of hydrogen-bond donors (Lipinski definition) is 0. The molecule has 0 amide bonds. The number of rotatable bonds is 3. The summed E-state index contributed by atoms with van der Waals surface area (Å²) in [5.74, 6) is -2.66. The van der Waals surface area contributed by atoms with Crippen molar-refractivity contribution in [1.29, 1.82) is 0 Å². The first-order chi connectivity index (χ1) is 5.89. The largest absolute Gasteiger partial charge is 0.303 e. The quantitative estimate of drug-likeness (QED) is 0.491. The van der Waals surface area contributed by atoms with E-state index in [0.29, 0.717) is 12.7 Å². The minimum atomic E-state index is -2.66. The molecule has 0 aromatic carbocycles. The van der Waals surface area contributed by atoms with Crippen LogP contribution in [0.25, 0.3) is 0 Å². The number of halogens is 2. The van der Waals surface area contributed by atoms with Gasteiger partial charge in [-0.2, -0.15) is 0 Å². The minimum Gasteiger partial charge on any atom is -0.303 e. The van der Waals surface area contributed by atoms with E-state index in [0.717, 1.165) is 5.57 Å². The van der Waals surface area contributed by atoms with Crippen LogP contribution in [0.2, 0.25) is 0 Å². The Morgan fingerprint density at radius 3 is 2.46 bits per heavy atom. The van der Waals surface area contributed by atoms with Gasteiger partial charge in [-0.3, -0.25) is 0 Å². The Bertz CT molecular complexity index is 235. The Labute approximate surface area is 76.8 Å². The highest BCUT2D eigenvalue weighted by Gasteiger charge is 2.49. The zero-order valence-electron chi connectivity index (χ0n) is 7.78. The third kappa shape index (κ3) is 2.36. The van der Waals surface area contributed by atoms with Crippen LogP contribution in [-0.2, 0) is 4.79 Å². The number of alkyl halides is 2. The van der Waals surface area contributed by atoms with Crippen LogP contribution >= 0.6 is 0 Å². The molecule has 1 fully saturated rings. The van der Waals surface area contributed by atoms with Crippen LogP contribution in [0.15, 0.2) is 12.2 Å². The molecule has 3 heteroatoms. The lowest BCUT2D eigenvalue weighted by Gasteiger charge is -2.21. The molecule has 1 rings (SSSR count). The van der Waals surface area contributed by atoms with Crippen molar-refractivity contribution in [2.24, 2.45) is 5.41 Å². The number of carbonyl (C=O) groups excluding carboxylic acids is 1. The van der Waals surface area contributed by atoms with Crippen LogP contribution in [0, 0.1) is 5.41 Å². The van der Waals surface area contributed by atoms with Gasteiger partial charge in [-0.25, -0.2) is 8.78 Å². The van der Waals surface area contributed by atoms with Gasteiger partial charge >= 0.3 is 0 Å². The molecular formula is C10H14F2O. The van der Waals surface area contributed by atoms with E-state index < -0.39 is 11.3 Å². The molecule has 0 aromatic heterocycles. The highest BCUT2D eigenvalue weighted by molar-refractivity contribution is 5.61. The molecule has 1 unspecified atom stereocenters. The smallest absolute Gasteiger partial charge is 0.249 e. The molecule has 0 saturated heterocycles. The molecule has 0 radical (unpaired) electrons. The second-order valence-electron chi connectivity index (χ2n) is 4.15. The zero-order chi connectivity index (χ0) is 10.1. The average molecular weight is 188 g/mol. The van der Waals surface area contributed by atoms with Crippen molar-refractivity contribution in [2.45, 2.75) is 38.5 Å². The molecule has 13 heavy (non-hydrogen) atoms. The van der Waals surface area contributed by atoms with Gasteiger partial charge in [0.1, 0.15) is 6.29 Å². The summed E-state index contributed by atoms with van der Waals surface area (Å²) in [6, 6.07) is 0. The van der Waals surface area contributed by atoms with E-state index >= 15 is 0 Å². The summed E-state index contributed by atoms with van der Waals surface area (Å²) in [6.45, 7) is 5.42. The third-order valence-electron chi connectivity index (χ3n) is 2.50. The van der Waals surface area contributed by atoms with Gasteiger partial charge < -0.3 is 4.79 Å². The summed E-state index contributed by atoms with van der Waals surface area (Å²) in [6.07, 6.45) is 0.889. The molecule has 0 aromatic rings. The molecule has 1 atom stereocenters. The molecule has 0 spiro atoms. The van der Waals surface area contributed by atoms with E-state index in [1.165, 1.54) is 0 Å². The Morgan fingerprint density at radius 2 is 2.15 bits per heavy atom. The second kappa shape index (κ2) is 3.20. The van der Waals surface area contributed by atoms with Crippen LogP contribution in [0.1, 0.15) is 32.6 Å². The highest BCUT2D eigenvalue weighted by atomic mass is 19.3. The molecule has 1 aliphatic rings. The lowest BCUT2D eigenvalue weighted by molar-refractivity contribution is -0.117. The number of hydrogen-bond acceptors (Lipinski definition) is 1. The Hall–Kier alpha value is -0.730. The van der Waals surface area contributed by atoms with E-state index in [-0.39, 0.29) is 19.3 Å². The minimum absolute atomic E-state index is 0.168.